The van der Waals surface area contributed by atoms with E-state index in [1.165, 1.54) is 16.4 Å². The lowest BCUT2D eigenvalue weighted by molar-refractivity contribution is -0.114. The van der Waals surface area contributed by atoms with Gasteiger partial charge in [0.05, 0.1) is 24.8 Å². The first-order chi connectivity index (χ1) is 15.3. The number of halogens is 1. The molecule has 0 saturated heterocycles. The summed E-state index contributed by atoms with van der Waals surface area (Å²) in [6.07, 6.45) is 0. The van der Waals surface area contributed by atoms with Gasteiger partial charge in [0.15, 0.2) is 11.5 Å². The van der Waals surface area contributed by atoms with E-state index in [4.69, 9.17) is 21.1 Å². The summed E-state index contributed by atoms with van der Waals surface area (Å²) in [6.45, 7) is 8.85. The number of amides is 1. The van der Waals surface area contributed by atoms with Gasteiger partial charge in [0.2, 0.25) is 15.9 Å². The average molecular weight is 484 g/mol. The Morgan fingerprint density at radius 3 is 2.19 bits per heavy atom. The fraction of sp³-hybridized carbons (Fsp3) is 0.409. The minimum Gasteiger partial charge on any atom is -0.490 e. The van der Waals surface area contributed by atoms with Crippen molar-refractivity contribution in [1.29, 1.82) is 0 Å². The third-order valence-electron chi connectivity index (χ3n) is 4.53. The highest BCUT2D eigenvalue weighted by Gasteiger charge is 2.24. The van der Waals surface area contributed by atoms with E-state index in [9.17, 15) is 13.2 Å². The number of carbonyl (C=O) groups is 1. The number of anilines is 2. The Morgan fingerprint density at radius 1 is 0.938 bits per heavy atom. The van der Waals surface area contributed by atoms with Gasteiger partial charge >= 0.3 is 0 Å². The number of hydrogen-bond donors (Lipinski definition) is 2. The lowest BCUT2D eigenvalue weighted by Crippen LogP contribution is -2.31. The van der Waals surface area contributed by atoms with Gasteiger partial charge in [0, 0.05) is 30.5 Å². The Kier molecular flexibility index (Phi) is 9.61. The summed E-state index contributed by atoms with van der Waals surface area (Å²) < 4.78 is 38.1. The molecule has 0 atom stereocenters. The molecule has 8 nitrogen and oxygen atoms in total. The zero-order valence-electron chi connectivity index (χ0n) is 18.8. The second kappa shape index (κ2) is 11.9. The number of carbonyl (C=O) groups excluding carboxylic acids is 1. The molecule has 2 N–H and O–H groups in total. The SMILES string of the molecule is CCOc1ccc(NC(=O)CNc2ccc(Cl)c(S(=O)(=O)N(CC)CC)c2)cc1OCC. The largest absolute Gasteiger partial charge is 0.490 e. The third kappa shape index (κ3) is 6.51. The van der Waals surface area contributed by atoms with E-state index in [-0.39, 0.29) is 22.4 Å². The Hall–Kier alpha value is -2.49. The standard InChI is InChI=1S/C22H30ClN3O5S/c1-5-26(6-2)32(28,29)21-14-16(9-11-18(21)23)24-15-22(27)25-17-10-12-19(30-7-3)20(13-17)31-8-4/h9-14,24H,5-8,15H2,1-4H3,(H,25,27). The van der Waals surface area contributed by atoms with Gasteiger partial charge < -0.3 is 20.1 Å². The van der Waals surface area contributed by atoms with Crippen LogP contribution in [-0.2, 0) is 14.8 Å². The maximum atomic E-state index is 12.8. The van der Waals surface area contributed by atoms with Crippen molar-refractivity contribution in [2.45, 2.75) is 32.6 Å². The number of ether oxygens (including phenoxy) is 2. The molecule has 0 aromatic heterocycles. The molecular weight excluding hydrogens is 454 g/mol. The summed E-state index contributed by atoms with van der Waals surface area (Å²) in [4.78, 5) is 12.4. The van der Waals surface area contributed by atoms with Crippen molar-refractivity contribution in [2.75, 3.05) is 43.5 Å². The smallest absolute Gasteiger partial charge is 0.244 e. The lowest BCUT2D eigenvalue weighted by Gasteiger charge is -2.20. The van der Waals surface area contributed by atoms with E-state index in [1.54, 1.807) is 38.1 Å². The summed E-state index contributed by atoms with van der Waals surface area (Å²) in [5.74, 6) is 0.845. The first-order valence-electron chi connectivity index (χ1n) is 10.5. The molecule has 2 rings (SSSR count). The van der Waals surface area contributed by atoms with E-state index in [0.717, 1.165) is 0 Å². The van der Waals surface area contributed by atoms with E-state index in [2.05, 4.69) is 10.6 Å². The van der Waals surface area contributed by atoms with Crippen LogP contribution in [-0.4, -0.2) is 51.5 Å². The van der Waals surface area contributed by atoms with Crippen LogP contribution in [0, 0.1) is 0 Å². The molecule has 0 unspecified atom stereocenters. The second-order valence-electron chi connectivity index (χ2n) is 6.66. The van der Waals surface area contributed by atoms with Gasteiger partial charge in [0.25, 0.3) is 0 Å². The number of nitrogens with one attached hydrogen (secondary N) is 2. The van der Waals surface area contributed by atoms with Crippen LogP contribution < -0.4 is 20.1 Å². The number of hydrogen-bond acceptors (Lipinski definition) is 6. The molecule has 32 heavy (non-hydrogen) atoms. The minimum absolute atomic E-state index is 0.00106. The number of nitrogens with zero attached hydrogens (tertiary/aromatic N) is 1. The number of benzene rings is 2. The molecule has 1 amide bonds. The maximum Gasteiger partial charge on any atom is 0.244 e. The van der Waals surface area contributed by atoms with Crippen LogP contribution in [0.3, 0.4) is 0 Å². The van der Waals surface area contributed by atoms with Crippen LogP contribution in [0.1, 0.15) is 27.7 Å². The predicted molar refractivity (Wildman–Crippen MR) is 127 cm³/mol. The fourth-order valence-corrected chi connectivity index (χ4v) is 4.99. The molecule has 0 fully saturated rings. The van der Waals surface area contributed by atoms with Gasteiger partial charge in [-0.25, -0.2) is 8.42 Å². The first-order valence-corrected chi connectivity index (χ1v) is 12.3. The first kappa shape index (κ1) is 25.8. The highest BCUT2D eigenvalue weighted by molar-refractivity contribution is 7.89. The Labute approximate surface area is 194 Å². The summed E-state index contributed by atoms with van der Waals surface area (Å²) >= 11 is 6.15. The second-order valence-corrected chi connectivity index (χ2v) is 8.98. The molecule has 0 spiro atoms. The molecule has 0 aliphatic rings. The van der Waals surface area contributed by atoms with Gasteiger partial charge in [-0.1, -0.05) is 25.4 Å². The van der Waals surface area contributed by atoms with Gasteiger partial charge in [-0.05, 0) is 44.2 Å². The summed E-state index contributed by atoms with van der Waals surface area (Å²) in [5.41, 5.74) is 1.03. The van der Waals surface area contributed by atoms with Crippen molar-refractivity contribution >= 4 is 38.9 Å². The predicted octanol–water partition coefficient (Wildman–Crippen LogP) is 4.22. The molecule has 0 bridgehead atoms. The normalized spacial score (nSPS) is 11.3. The fourth-order valence-electron chi connectivity index (χ4n) is 3.03. The molecule has 0 radical (unpaired) electrons. The number of rotatable bonds is 12. The Morgan fingerprint density at radius 2 is 1.56 bits per heavy atom. The summed E-state index contributed by atoms with van der Waals surface area (Å²) in [6, 6.07) is 9.72. The van der Waals surface area contributed by atoms with E-state index >= 15 is 0 Å². The molecule has 10 heteroatoms. The van der Waals surface area contributed by atoms with Crippen LogP contribution in [0.15, 0.2) is 41.3 Å². The monoisotopic (exact) mass is 483 g/mol. The zero-order chi connectivity index (χ0) is 23.7. The van der Waals surface area contributed by atoms with E-state index < -0.39 is 10.0 Å². The summed E-state index contributed by atoms with van der Waals surface area (Å²) in [5, 5.41) is 5.85. The lowest BCUT2D eigenvalue weighted by atomic mass is 10.2. The number of sulfonamides is 1. The third-order valence-corrected chi connectivity index (χ3v) is 7.07. The van der Waals surface area contributed by atoms with E-state index in [1.807, 2.05) is 13.8 Å². The molecule has 0 heterocycles. The van der Waals surface area contributed by atoms with Crippen LogP contribution in [0.4, 0.5) is 11.4 Å². The van der Waals surface area contributed by atoms with Gasteiger partial charge in [-0.2, -0.15) is 4.31 Å². The van der Waals surface area contributed by atoms with E-state index in [0.29, 0.717) is 49.2 Å². The van der Waals surface area contributed by atoms with Crippen molar-refractivity contribution in [1.82, 2.24) is 4.31 Å². The van der Waals surface area contributed by atoms with Gasteiger partial charge in [-0.15, -0.1) is 0 Å². The van der Waals surface area contributed by atoms with Crippen molar-refractivity contribution in [2.24, 2.45) is 0 Å². The molecule has 2 aromatic rings. The summed E-state index contributed by atoms with van der Waals surface area (Å²) in [7, 11) is -3.73. The Balaban J connectivity index is 2.10. The molecule has 0 aliphatic carbocycles. The van der Waals surface area contributed by atoms with Crippen LogP contribution in [0.2, 0.25) is 5.02 Å². The molecular formula is C22H30ClN3O5S. The van der Waals surface area contributed by atoms with Crippen molar-refractivity contribution in [3.63, 3.8) is 0 Å². The van der Waals surface area contributed by atoms with Gasteiger partial charge in [-0.3, -0.25) is 4.79 Å². The van der Waals surface area contributed by atoms with Crippen molar-refractivity contribution in [3.8, 4) is 11.5 Å². The highest BCUT2D eigenvalue weighted by atomic mass is 35.5. The Bertz CT molecular complexity index is 1030. The van der Waals surface area contributed by atoms with Crippen LogP contribution in [0.25, 0.3) is 0 Å². The molecule has 176 valence electrons. The van der Waals surface area contributed by atoms with Crippen molar-refractivity contribution in [3.05, 3.63) is 41.4 Å². The van der Waals surface area contributed by atoms with Crippen LogP contribution >= 0.6 is 11.6 Å². The zero-order valence-corrected chi connectivity index (χ0v) is 20.3. The topological polar surface area (TPSA) is 97.0 Å². The van der Waals surface area contributed by atoms with Gasteiger partial charge in [0.1, 0.15) is 4.90 Å². The minimum atomic E-state index is -3.73. The van der Waals surface area contributed by atoms with Crippen LogP contribution in [0.5, 0.6) is 11.5 Å². The molecule has 2 aromatic carbocycles. The quantitative estimate of drug-likeness (QED) is 0.469. The maximum absolute atomic E-state index is 12.8. The van der Waals surface area contributed by atoms with Crippen molar-refractivity contribution < 1.29 is 22.7 Å². The molecule has 0 aliphatic heterocycles. The molecule has 0 saturated carbocycles. The average Bonchev–Trinajstić information content (AvgIpc) is 2.76. The highest BCUT2D eigenvalue weighted by Crippen LogP contribution is 2.31.